The first-order chi connectivity index (χ1) is 14.8. The standard InChI is InChI=1S/C20H36N4O8/c1-10(2)7-12(21)17(28)22-13(5-6-16(26)27)18(29)23-14(8-11(3)4)19(30)24-15(9-25)20(31)32/h10-15,25H,5-9,21H2,1-4H3,(H,22,28)(H,23,29)(H,24,30)(H,26,27)(H,31,32). The van der Waals surface area contributed by atoms with E-state index >= 15 is 0 Å². The zero-order valence-corrected chi connectivity index (χ0v) is 19.0. The maximum absolute atomic E-state index is 12.8. The topological polar surface area (TPSA) is 208 Å². The number of carboxylic acids is 2. The second-order valence-corrected chi connectivity index (χ2v) is 8.50. The molecule has 0 bridgehead atoms. The van der Waals surface area contributed by atoms with E-state index in [1.807, 2.05) is 13.8 Å². The van der Waals surface area contributed by atoms with Crippen molar-refractivity contribution in [1.82, 2.24) is 16.0 Å². The van der Waals surface area contributed by atoms with E-state index in [1.165, 1.54) is 0 Å². The number of hydrogen-bond acceptors (Lipinski definition) is 7. The zero-order chi connectivity index (χ0) is 25.0. The van der Waals surface area contributed by atoms with E-state index < -0.39 is 66.9 Å². The van der Waals surface area contributed by atoms with Gasteiger partial charge in [-0.2, -0.15) is 0 Å². The first kappa shape index (κ1) is 29.3. The maximum Gasteiger partial charge on any atom is 0.328 e. The molecule has 184 valence electrons. The lowest BCUT2D eigenvalue weighted by Gasteiger charge is -2.26. The number of aliphatic hydroxyl groups is 1. The lowest BCUT2D eigenvalue weighted by atomic mass is 10.0. The summed E-state index contributed by atoms with van der Waals surface area (Å²) in [5, 5.41) is 34.1. The van der Waals surface area contributed by atoms with E-state index in [1.54, 1.807) is 13.8 Å². The molecular formula is C20H36N4O8. The summed E-state index contributed by atoms with van der Waals surface area (Å²) in [4.78, 5) is 59.7. The van der Waals surface area contributed by atoms with Gasteiger partial charge < -0.3 is 37.0 Å². The Morgan fingerprint density at radius 1 is 0.750 bits per heavy atom. The lowest BCUT2D eigenvalue weighted by molar-refractivity contribution is -0.143. The first-order valence-electron chi connectivity index (χ1n) is 10.5. The van der Waals surface area contributed by atoms with Gasteiger partial charge in [0.1, 0.15) is 18.1 Å². The van der Waals surface area contributed by atoms with Gasteiger partial charge in [0.05, 0.1) is 12.6 Å². The van der Waals surface area contributed by atoms with Crippen LogP contribution in [0.5, 0.6) is 0 Å². The number of carboxylic acid groups (broad SMARTS) is 2. The summed E-state index contributed by atoms with van der Waals surface area (Å²) in [5.41, 5.74) is 5.83. The summed E-state index contributed by atoms with van der Waals surface area (Å²) in [6.45, 7) is 6.46. The van der Waals surface area contributed by atoms with Crippen molar-refractivity contribution < 1.29 is 39.3 Å². The van der Waals surface area contributed by atoms with Gasteiger partial charge in [-0.3, -0.25) is 19.2 Å². The van der Waals surface area contributed by atoms with E-state index in [0.717, 1.165) is 0 Å². The van der Waals surface area contributed by atoms with Gasteiger partial charge in [0.2, 0.25) is 17.7 Å². The number of nitrogens with one attached hydrogen (secondary N) is 3. The molecule has 0 radical (unpaired) electrons. The molecule has 0 heterocycles. The fourth-order valence-electron chi connectivity index (χ4n) is 2.86. The number of aliphatic hydroxyl groups excluding tert-OH is 1. The summed E-state index contributed by atoms with van der Waals surface area (Å²) in [6, 6.07) is -4.87. The lowest BCUT2D eigenvalue weighted by Crippen LogP contribution is -2.57. The molecule has 12 heteroatoms. The van der Waals surface area contributed by atoms with E-state index in [2.05, 4.69) is 16.0 Å². The van der Waals surface area contributed by atoms with Crippen molar-refractivity contribution in [2.75, 3.05) is 6.61 Å². The summed E-state index contributed by atoms with van der Waals surface area (Å²) in [7, 11) is 0. The minimum atomic E-state index is -1.55. The Hall–Kier alpha value is -2.73. The Bertz CT molecular complexity index is 668. The largest absolute Gasteiger partial charge is 0.481 e. The van der Waals surface area contributed by atoms with Crippen LogP contribution in [0, 0.1) is 11.8 Å². The average Bonchev–Trinajstić information content (AvgIpc) is 2.66. The monoisotopic (exact) mass is 460 g/mol. The van der Waals surface area contributed by atoms with Crippen LogP contribution >= 0.6 is 0 Å². The number of carbonyl (C=O) groups excluding carboxylic acids is 3. The number of rotatable bonds is 15. The molecule has 32 heavy (non-hydrogen) atoms. The molecule has 4 atom stereocenters. The van der Waals surface area contributed by atoms with Crippen LogP contribution in [0.25, 0.3) is 0 Å². The van der Waals surface area contributed by atoms with Gasteiger partial charge in [-0.1, -0.05) is 27.7 Å². The Kier molecular flexibility index (Phi) is 13.1. The molecular weight excluding hydrogens is 424 g/mol. The van der Waals surface area contributed by atoms with E-state index in [4.69, 9.17) is 21.1 Å². The zero-order valence-electron chi connectivity index (χ0n) is 19.0. The second-order valence-electron chi connectivity index (χ2n) is 8.50. The third-order valence-corrected chi connectivity index (χ3v) is 4.48. The third kappa shape index (κ3) is 11.6. The molecule has 0 spiro atoms. The molecule has 0 aromatic rings. The van der Waals surface area contributed by atoms with Crippen molar-refractivity contribution in [3.8, 4) is 0 Å². The van der Waals surface area contributed by atoms with Crippen LogP contribution in [0.2, 0.25) is 0 Å². The normalized spacial score (nSPS) is 14.9. The minimum absolute atomic E-state index is 0.0741. The van der Waals surface area contributed by atoms with Crippen LogP contribution in [0.3, 0.4) is 0 Å². The predicted octanol–water partition coefficient (Wildman–Crippen LogP) is -1.20. The fourth-order valence-corrected chi connectivity index (χ4v) is 2.86. The maximum atomic E-state index is 12.8. The quantitative estimate of drug-likeness (QED) is 0.156. The summed E-state index contributed by atoms with van der Waals surface area (Å²) >= 11 is 0. The van der Waals surface area contributed by atoms with E-state index in [-0.39, 0.29) is 24.7 Å². The summed E-state index contributed by atoms with van der Waals surface area (Å²) < 4.78 is 0. The molecule has 0 rings (SSSR count). The smallest absolute Gasteiger partial charge is 0.328 e. The number of carbonyl (C=O) groups is 5. The molecule has 0 fully saturated rings. The minimum Gasteiger partial charge on any atom is -0.481 e. The molecule has 0 saturated carbocycles. The van der Waals surface area contributed by atoms with E-state index in [9.17, 15) is 24.0 Å². The molecule has 12 nitrogen and oxygen atoms in total. The molecule has 3 amide bonds. The van der Waals surface area contributed by atoms with Crippen molar-refractivity contribution in [1.29, 1.82) is 0 Å². The van der Waals surface area contributed by atoms with Gasteiger partial charge in [0.15, 0.2) is 0 Å². The Labute approximate surface area is 187 Å². The molecule has 0 aliphatic carbocycles. The second kappa shape index (κ2) is 14.4. The molecule has 0 aromatic carbocycles. The number of aliphatic carboxylic acids is 2. The average molecular weight is 461 g/mol. The van der Waals surface area contributed by atoms with Crippen molar-refractivity contribution in [3.05, 3.63) is 0 Å². The summed E-state index contributed by atoms with van der Waals surface area (Å²) in [6.07, 6.45) is -0.146. The van der Waals surface area contributed by atoms with Gasteiger partial charge in [-0.05, 0) is 31.1 Å². The van der Waals surface area contributed by atoms with Crippen LogP contribution in [-0.4, -0.2) is 75.8 Å². The number of amides is 3. The highest BCUT2D eigenvalue weighted by atomic mass is 16.4. The SMILES string of the molecule is CC(C)CC(N)C(=O)NC(CCC(=O)O)C(=O)NC(CC(C)C)C(=O)NC(CO)C(=O)O. The van der Waals surface area contributed by atoms with Gasteiger partial charge >= 0.3 is 11.9 Å². The Balaban J connectivity index is 5.47. The van der Waals surface area contributed by atoms with Crippen molar-refractivity contribution in [2.45, 2.75) is 77.5 Å². The highest BCUT2D eigenvalue weighted by Gasteiger charge is 2.30. The molecule has 0 aromatic heterocycles. The van der Waals surface area contributed by atoms with Gasteiger partial charge in [-0.25, -0.2) is 4.79 Å². The van der Waals surface area contributed by atoms with Crippen molar-refractivity contribution in [2.24, 2.45) is 17.6 Å². The molecule has 0 aliphatic rings. The van der Waals surface area contributed by atoms with Gasteiger partial charge in [0, 0.05) is 6.42 Å². The highest BCUT2D eigenvalue weighted by molar-refractivity contribution is 5.94. The highest BCUT2D eigenvalue weighted by Crippen LogP contribution is 2.08. The van der Waals surface area contributed by atoms with Gasteiger partial charge in [-0.15, -0.1) is 0 Å². The van der Waals surface area contributed by atoms with Crippen LogP contribution in [-0.2, 0) is 24.0 Å². The van der Waals surface area contributed by atoms with Crippen molar-refractivity contribution >= 4 is 29.7 Å². The third-order valence-electron chi connectivity index (χ3n) is 4.48. The Morgan fingerprint density at radius 3 is 1.66 bits per heavy atom. The van der Waals surface area contributed by atoms with Gasteiger partial charge in [0.25, 0.3) is 0 Å². The molecule has 0 aliphatic heterocycles. The number of hydrogen-bond donors (Lipinski definition) is 7. The van der Waals surface area contributed by atoms with Crippen LogP contribution < -0.4 is 21.7 Å². The van der Waals surface area contributed by atoms with Crippen LogP contribution in [0.1, 0.15) is 53.4 Å². The van der Waals surface area contributed by atoms with Crippen LogP contribution in [0.15, 0.2) is 0 Å². The number of nitrogens with two attached hydrogens (primary N) is 1. The van der Waals surface area contributed by atoms with Crippen molar-refractivity contribution in [3.63, 3.8) is 0 Å². The van der Waals surface area contributed by atoms with E-state index in [0.29, 0.717) is 6.42 Å². The molecule has 8 N–H and O–H groups in total. The summed E-state index contributed by atoms with van der Waals surface area (Å²) in [5.74, 6) is -4.82. The Morgan fingerprint density at radius 2 is 1.22 bits per heavy atom. The fraction of sp³-hybridized carbons (Fsp3) is 0.750. The molecule has 0 saturated heterocycles. The molecule has 4 unspecified atom stereocenters. The predicted molar refractivity (Wildman–Crippen MR) is 114 cm³/mol. The first-order valence-corrected chi connectivity index (χ1v) is 10.5. The van der Waals surface area contributed by atoms with Crippen LogP contribution in [0.4, 0.5) is 0 Å².